The normalized spacial score (nSPS) is 21.2. The van der Waals surface area contributed by atoms with E-state index in [1.165, 1.54) is 17.2 Å². The van der Waals surface area contributed by atoms with E-state index in [9.17, 15) is 4.39 Å². The van der Waals surface area contributed by atoms with Gasteiger partial charge in [0.15, 0.2) is 0 Å². The molecule has 0 radical (unpaired) electrons. The molecule has 3 rings (SSSR count). The highest BCUT2D eigenvalue weighted by atomic mass is 19.1. The number of fused-ring (bicyclic) bond motifs is 1. The molecule has 2 nitrogen and oxygen atoms in total. The Morgan fingerprint density at radius 1 is 1.16 bits per heavy atom. The fourth-order valence-electron chi connectivity index (χ4n) is 2.75. The second-order valence-corrected chi connectivity index (χ2v) is 5.13. The molecule has 2 atom stereocenters. The molecule has 0 bridgehead atoms. The van der Waals surface area contributed by atoms with Gasteiger partial charge in [0.05, 0.1) is 6.04 Å². The van der Waals surface area contributed by atoms with E-state index in [0.29, 0.717) is 0 Å². The smallest absolute Gasteiger partial charge is 0.125 e. The maximum absolute atomic E-state index is 13.3. The van der Waals surface area contributed by atoms with Crippen LogP contribution in [-0.4, -0.2) is 0 Å². The molecular weight excluding hydrogens is 239 g/mol. The lowest BCUT2D eigenvalue weighted by Gasteiger charge is -2.17. The molecule has 3 N–H and O–H groups in total. The molecule has 0 aromatic heterocycles. The third-order valence-corrected chi connectivity index (χ3v) is 3.79. The summed E-state index contributed by atoms with van der Waals surface area (Å²) in [5.74, 6) is -0.219. The minimum atomic E-state index is -0.219. The van der Waals surface area contributed by atoms with Gasteiger partial charge in [-0.15, -0.1) is 0 Å². The van der Waals surface area contributed by atoms with E-state index in [1.54, 1.807) is 12.1 Å². The van der Waals surface area contributed by atoms with Crippen molar-refractivity contribution >= 4 is 5.69 Å². The lowest BCUT2D eigenvalue weighted by atomic mass is 10.1. The first-order valence-corrected chi connectivity index (χ1v) is 6.52. The van der Waals surface area contributed by atoms with Crippen molar-refractivity contribution in [2.24, 2.45) is 5.73 Å². The van der Waals surface area contributed by atoms with Gasteiger partial charge in [-0.05, 0) is 42.2 Å². The van der Waals surface area contributed by atoms with Gasteiger partial charge in [0.25, 0.3) is 0 Å². The first kappa shape index (κ1) is 12.2. The van der Waals surface area contributed by atoms with Crippen molar-refractivity contribution in [1.82, 2.24) is 0 Å². The van der Waals surface area contributed by atoms with E-state index >= 15 is 0 Å². The number of benzene rings is 2. The third kappa shape index (κ3) is 2.22. The van der Waals surface area contributed by atoms with E-state index < -0.39 is 0 Å². The SMILES string of the molecule is Cc1ccc(F)cc1NC1CC(N)c2ccccc21. The predicted molar refractivity (Wildman–Crippen MR) is 75.5 cm³/mol. The molecule has 2 aromatic carbocycles. The van der Waals surface area contributed by atoms with E-state index in [4.69, 9.17) is 5.73 Å². The summed E-state index contributed by atoms with van der Waals surface area (Å²) in [6, 6.07) is 13.2. The molecule has 2 unspecified atom stereocenters. The van der Waals surface area contributed by atoms with E-state index in [1.807, 2.05) is 19.1 Å². The van der Waals surface area contributed by atoms with Crippen LogP contribution >= 0.6 is 0 Å². The number of anilines is 1. The van der Waals surface area contributed by atoms with Gasteiger partial charge in [-0.2, -0.15) is 0 Å². The summed E-state index contributed by atoms with van der Waals surface area (Å²) in [6.45, 7) is 1.97. The van der Waals surface area contributed by atoms with Crippen molar-refractivity contribution in [3.05, 3.63) is 65.0 Å². The third-order valence-electron chi connectivity index (χ3n) is 3.79. The fraction of sp³-hybridized carbons (Fsp3) is 0.250. The average molecular weight is 256 g/mol. The van der Waals surface area contributed by atoms with Gasteiger partial charge in [-0.25, -0.2) is 4.39 Å². The van der Waals surface area contributed by atoms with E-state index in [2.05, 4.69) is 17.4 Å². The maximum Gasteiger partial charge on any atom is 0.125 e. The molecule has 2 aromatic rings. The molecule has 98 valence electrons. The number of rotatable bonds is 2. The van der Waals surface area contributed by atoms with Crippen LogP contribution in [0.2, 0.25) is 0 Å². The monoisotopic (exact) mass is 256 g/mol. The number of nitrogens with two attached hydrogens (primary N) is 1. The van der Waals surface area contributed by atoms with Crippen molar-refractivity contribution < 1.29 is 4.39 Å². The van der Waals surface area contributed by atoms with Crippen molar-refractivity contribution in [1.29, 1.82) is 0 Å². The highest BCUT2D eigenvalue weighted by molar-refractivity contribution is 5.54. The standard InChI is InChI=1S/C16H17FN2/c1-10-6-7-11(17)8-15(10)19-16-9-14(18)12-4-2-3-5-13(12)16/h2-8,14,16,19H,9,18H2,1H3. The molecule has 0 fully saturated rings. The van der Waals surface area contributed by atoms with Crippen molar-refractivity contribution in [3.63, 3.8) is 0 Å². The van der Waals surface area contributed by atoms with Crippen molar-refractivity contribution in [2.75, 3.05) is 5.32 Å². The largest absolute Gasteiger partial charge is 0.378 e. The Balaban J connectivity index is 1.91. The quantitative estimate of drug-likeness (QED) is 0.860. The molecule has 0 saturated carbocycles. The average Bonchev–Trinajstić information content (AvgIpc) is 2.72. The molecule has 19 heavy (non-hydrogen) atoms. The summed E-state index contributed by atoms with van der Waals surface area (Å²) in [4.78, 5) is 0. The lowest BCUT2D eigenvalue weighted by molar-refractivity contribution is 0.624. The van der Waals surface area contributed by atoms with Gasteiger partial charge in [0.1, 0.15) is 5.82 Å². The Kier molecular flexibility index (Phi) is 2.99. The maximum atomic E-state index is 13.3. The minimum Gasteiger partial charge on any atom is -0.378 e. The van der Waals surface area contributed by atoms with Crippen molar-refractivity contribution in [3.8, 4) is 0 Å². The van der Waals surface area contributed by atoms with Crippen LogP contribution in [0.15, 0.2) is 42.5 Å². The summed E-state index contributed by atoms with van der Waals surface area (Å²) in [5.41, 5.74) is 10.4. The van der Waals surface area contributed by atoms with Gasteiger partial charge in [0, 0.05) is 11.7 Å². The highest BCUT2D eigenvalue weighted by Crippen LogP contribution is 2.39. The van der Waals surface area contributed by atoms with Gasteiger partial charge in [-0.1, -0.05) is 30.3 Å². The molecular formula is C16H17FN2. The second-order valence-electron chi connectivity index (χ2n) is 5.13. The summed E-state index contributed by atoms with van der Waals surface area (Å²) in [6.07, 6.45) is 0.843. The van der Waals surface area contributed by atoms with Crippen LogP contribution in [0, 0.1) is 12.7 Å². The van der Waals surface area contributed by atoms with Crippen LogP contribution in [0.3, 0.4) is 0 Å². The van der Waals surface area contributed by atoms with Gasteiger partial charge < -0.3 is 11.1 Å². The number of hydrogen-bond acceptors (Lipinski definition) is 2. The molecule has 1 aliphatic carbocycles. The van der Waals surface area contributed by atoms with Crippen LogP contribution < -0.4 is 11.1 Å². The molecule has 0 amide bonds. The Bertz CT molecular complexity index is 609. The molecule has 0 saturated heterocycles. The number of aryl methyl sites for hydroxylation is 1. The van der Waals surface area contributed by atoms with Crippen LogP contribution in [0.1, 0.15) is 35.2 Å². The number of halogens is 1. The van der Waals surface area contributed by atoms with Gasteiger partial charge >= 0.3 is 0 Å². The summed E-state index contributed by atoms with van der Waals surface area (Å²) < 4.78 is 13.3. The number of nitrogens with one attached hydrogen (secondary N) is 1. The van der Waals surface area contributed by atoms with E-state index in [-0.39, 0.29) is 17.9 Å². The molecule has 1 aliphatic rings. The number of hydrogen-bond donors (Lipinski definition) is 2. The highest BCUT2D eigenvalue weighted by Gasteiger charge is 2.28. The fourth-order valence-corrected chi connectivity index (χ4v) is 2.75. The van der Waals surface area contributed by atoms with Crippen molar-refractivity contribution in [2.45, 2.75) is 25.4 Å². The zero-order chi connectivity index (χ0) is 13.4. The second kappa shape index (κ2) is 4.67. The zero-order valence-electron chi connectivity index (χ0n) is 10.9. The van der Waals surface area contributed by atoms with E-state index in [0.717, 1.165) is 17.7 Å². The Morgan fingerprint density at radius 2 is 1.89 bits per heavy atom. The molecule has 0 heterocycles. The van der Waals surface area contributed by atoms with Crippen LogP contribution in [0.25, 0.3) is 0 Å². The molecule has 0 spiro atoms. The Morgan fingerprint density at radius 3 is 2.68 bits per heavy atom. The molecule has 3 heteroatoms. The predicted octanol–water partition coefficient (Wildman–Crippen LogP) is 3.69. The Labute approximate surface area is 112 Å². The zero-order valence-corrected chi connectivity index (χ0v) is 10.9. The minimum absolute atomic E-state index is 0.0579. The van der Waals surface area contributed by atoms with Crippen LogP contribution in [-0.2, 0) is 0 Å². The van der Waals surface area contributed by atoms with Crippen LogP contribution in [0.5, 0.6) is 0 Å². The topological polar surface area (TPSA) is 38.0 Å². The lowest BCUT2D eigenvalue weighted by Crippen LogP contribution is -2.10. The Hall–Kier alpha value is -1.87. The summed E-state index contributed by atoms with van der Waals surface area (Å²) in [7, 11) is 0. The van der Waals surface area contributed by atoms with Gasteiger partial charge in [0.2, 0.25) is 0 Å². The first-order valence-electron chi connectivity index (χ1n) is 6.52. The summed E-state index contributed by atoms with van der Waals surface area (Å²) >= 11 is 0. The molecule has 0 aliphatic heterocycles. The first-order chi connectivity index (χ1) is 9.15. The van der Waals surface area contributed by atoms with Gasteiger partial charge in [-0.3, -0.25) is 0 Å². The summed E-state index contributed by atoms with van der Waals surface area (Å²) in [5, 5.41) is 3.42. The van der Waals surface area contributed by atoms with Crippen LogP contribution in [0.4, 0.5) is 10.1 Å².